The normalized spacial score (nSPS) is 18.5. The van der Waals surface area contributed by atoms with Gasteiger partial charge in [0.15, 0.2) is 6.61 Å². The Morgan fingerprint density at radius 3 is 2.29 bits per heavy atom. The number of nitrogens with one attached hydrogen (secondary N) is 5. The highest BCUT2D eigenvalue weighted by atomic mass is 16.5. The van der Waals surface area contributed by atoms with Gasteiger partial charge in [0.1, 0.15) is 0 Å². The summed E-state index contributed by atoms with van der Waals surface area (Å²) >= 11 is 0. The molecule has 3 unspecified atom stereocenters. The maximum Gasteiger partial charge on any atom is 0.338 e. The molecule has 0 bridgehead atoms. The van der Waals surface area contributed by atoms with Gasteiger partial charge in [-0.1, -0.05) is 0 Å². The van der Waals surface area contributed by atoms with E-state index in [1.165, 1.54) is 16.8 Å². The monoisotopic (exact) mass is 840 g/mol. The molecule has 1 fully saturated rings. The van der Waals surface area contributed by atoms with Crippen LogP contribution in [0.3, 0.4) is 0 Å². The zero-order valence-corrected chi connectivity index (χ0v) is 35.8. The van der Waals surface area contributed by atoms with Gasteiger partial charge in [0, 0.05) is 107 Å². The van der Waals surface area contributed by atoms with E-state index in [1.54, 1.807) is 25.1 Å². The van der Waals surface area contributed by atoms with Crippen LogP contribution in [0.25, 0.3) is 32.7 Å². The maximum atomic E-state index is 13.4. The molecule has 6 aromatic rings. The van der Waals surface area contributed by atoms with Crippen LogP contribution in [0, 0.1) is 12.8 Å². The number of aromatic amines is 3. The van der Waals surface area contributed by atoms with Crippen molar-refractivity contribution >= 4 is 56.4 Å². The molecule has 13 nitrogen and oxygen atoms in total. The van der Waals surface area contributed by atoms with Gasteiger partial charge in [0.05, 0.1) is 18.3 Å². The molecule has 324 valence electrons. The SMILES string of the molecule is COCCNC(=O)c1ccc2[nH]c3c(c2c1)CCC(CN(C)C(=O)COC(=O)c1ccc2[nH]c4c(c2c1)CCCC4Cc1[nH]c2ccc(C(=O)NCC4CCCO4)cc2c1C)C3. The summed E-state index contributed by atoms with van der Waals surface area (Å²) in [6.45, 7) is 4.55. The summed E-state index contributed by atoms with van der Waals surface area (Å²) < 4.78 is 16.3. The molecule has 3 atom stereocenters. The van der Waals surface area contributed by atoms with E-state index in [4.69, 9.17) is 14.2 Å². The number of hydrogen-bond donors (Lipinski definition) is 5. The van der Waals surface area contributed by atoms with Gasteiger partial charge in [0.2, 0.25) is 0 Å². The van der Waals surface area contributed by atoms with E-state index in [1.807, 2.05) is 48.5 Å². The predicted octanol–water partition coefficient (Wildman–Crippen LogP) is 6.81. The molecule has 9 rings (SSSR count). The molecule has 3 aromatic carbocycles. The van der Waals surface area contributed by atoms with Crippen molar-refractivity contribution in [2.24, 2.45) is 5.92 Å². The number of amides is 3. The fourth-order valence-electron chi connectivity index (χ4n) is 9.95. The number of ether oxygens (including phenoxy) is 3. The third-order valence-corrected chi connectivity index (χ3v) is 13.4. The second-order valence-electron chi connectivity index (χ2n) is 17.5. The number of nitrogens with zero attached hydrogens (tertiary/aromatic N) is 1. The van der Waals surface area contributed by atoms with Crippen molar-refractivity contribution in [1.82, 2.24) is 30.5 Å². The average Bonchev–Trinajstić information content (AvgIpc) is 4.09. The van der Waals surface area contributed by atoms with Gasteiger partial charge >= 0.3 is 5.97 Å². The van der Waals surface area contributed by atoms with Gasteiger partial charge in [0.25, 0.3) is 17.7 Å². The second kappa shape index (κ2) is 17.8. The van der Waals surface area contributed by atoms with E-state index in [2.05, 4.69) is 32.5 Å². The van der Waals surface area contributed by atoms with Crippen LogP contribution in [0.1, 0.15) is 103 Å². The summed E-state index contributed by atoms with van der Waals surface area (Å²) in [6, 6.07) is 17.2. The molecule has 1 saturated heterocycles. The smallest absolute Gasteiger partial charge is 0.338 e. The summed E-state index contributed by atoms with van der Waals surface area (Å²) in [5.74, 6) is -0.451. The first-order valence-corrected chi connectivity index (χ1v) is 22.1. The standard InChI is InChI=1S/C49H56N6O7/c1-28-37-21-31(48(58)51-25-34-7-5-18-61-34)10-14-40(37)52-43(28)24-30-6-4-8-36-39-23-33(12-16-42(39)54-46(30)36)49(59)62-27-45(56)55(2)26-29-9-13-35-38-22-32(47(57)50-17-19-60-3)11-15-41(38)53-44(35)20-29/h10-12,14-16,21-23,29-30,34,52-54H,4-9,13,17-20,24-27H2,1-3H3,(H,50,57)(H,51,58). The lowest BCUT2D eigenvalue weighted by Crippen LogP contribution is -2.36. The minimum atomic E-state index is -0.517. The average molecular weight is 841 g/mol. The van der Waals surface area contributed by atoms with Crippen LogP contribution in [0.2, 0.25) is 0 Å². The van der Waals surface area contributed by atoms with Crippen molar-refractivity contribution in [1.29, 1.82) is 0 Å². The van der Waals surface area contributed by atoms with Crippen LogP contribution >= 0.6 is 0 Å². The van der Waals surface area contributed by atoms with E-state index < -0.39 is 5.97 Å². The molecular formula is C49H56N6O7. The number of likely N-dealkylation sites (N-methyl/N-ethyl adjacent to an activating group) is 1. The molecule has 1 aliphatic heterocycles. The minimum Gasteiger partial charge on any atom is -0.452 e. The van der Waals surface area contributed by atoms with E-state index in [0.717, 1.165) is 114 Å². The molecule has 0 saturated carbocycles. The zero-order chi connectivity index (χ0) is 42.9. The summed E-state index contributed by atoms with van der Waals surface area (Å²) in [5.41, 5.74) is 11.8. The molecule has 3 aliphatic rings. The first kappa shape index (κ1) is 41.4. The fourth-order valence-corrected chi connectivity index (χ4v) is 9.95. The number of methoxy groups -OCH3 is 1. The number of carbonyl (C=O) groups is 4. The number of H-pyrrole nitrogens is 3. The lowest BCUT2D eigenvalue weighted by Gasteiger charge is -2.27. The molecule has 2 aliphatic carbocycles. The van der Waals surface area contributed by atoms with Crippen molar-refractivity contribution < 1.29 is 33.4 Å². The number of aryl methyl sites for hydroxylation is 3. The first-order chi connectivity index (χ1) is 30.1. The van der Waals surface area contributed by atoms with Crippen molar-refractivity contribution in [3.05, 3.63) is 105 Å². The number of esters is 1. The zero-order valence-electron chi connectivity index (χ0n) is 35.8. The number of carbonyl (C=O) groups excluding carboxylic acids is 4. The third-order valence-electron chi connectivity index (χ3n) is 13.4. The number of benzene rings is 3. The Labute approximate surface area is 360 Å². The largest absolute Gasteiger partial charge is 0.452 e. The molecule has 3 amide bonds. The molecule has 62 heavy (non-hydrogen) atoms. The molecule has 0 radical (unpaired) electrons. The van der Waals surface area contributed by atoms with Gasteiger partial charge in [-0.05, 0) is 142 Å². The first-order valence-electron chi connectivity index (χ1n) is 22.1. The number of aromatic nitrogens is 3. The Hall–Kier alpha value is -5.92. The summed E-state index contributed by atoms with van der Waals surface area (Å²) in [4.78, 5) is 64.8. The fraction of sp³-hybridized carbons (Fsp3) is 0.429. The maximum absolute atomic E-state index is 13.4. The number of rotatable bonds is 14. The van der Waals surface area contributed by atoms with E-state index in [-0.39, 0.29) is 42.3 Å². The highest BCUT2D eigenvalue weighted by Gasteiger charge is 2.28. The number of fused-ring (bicyclic) bond motifs is 7. The summed E-state index contributed by atoms with van der Waals surface area (Å²) in [6.07, 6.45) is 8.47. The highest BCUT2D eigenvalue weighted by Crippen LogP contribution is 2.39. The topological polar surface area (TPSA) is 171 Å². The molecule has 3 aromatic heterocycles. The molecule has 4 heterocycles. The van der Waals surface area contributed by atoms with Gasteiger partial charge < -0.3 is 44.7 Å². The van der Waals surface area contributed by atoms with Crippen LogP contribution in [0.5, 0.6) is 0 Å². The quantitative estimate of drug-likeness (QED) is 0.0593. The third kappa shape index (κ3) is 8.48. The van der Waals surface area contributed by atoms with Gasteiger partial charge in [-0.2, -0.15) is 0 Å². The second-order valence-corrected chi connectivity index (χ2v) is 17.5. The van der Waals surface area contributed by atoms with Crippen molar-refractivity contribution in [2.45, 2.75) is 76.7 Å². The predicted molar refractivity (Wildman–Crippen MR) is 238 cm³/mol. The highest BCUT2D eigenvalue weighted by molar-refractivity contribution is 6.00. The molecular weight excluding hydrogens is 785 g/mol. The van der Waals surface area contributed by atoms with Gasteiger partial charge in [-0.15, -0.1) is 0 Å². The number of hydrogen-bond acceptors (Lipinski definition) is 7. The van der Waals surface area contributed by atoms with Crippen LogP contribution in [-0.4, -0.2) is 103 Å². The Balaban J connectivity index is 0.802. The Morgan fingerprint density at radius 1 is 0.806 bits per heavy atom. The summed E-state index contributed by atoms with van der Waals surface area (Å²) in [7, 11) is 3.37. The van der Waals surface area contributed by atoms with Gasteiger partial charge in [-0.3, -0.25) is 14.4 Å². The lowest BCUT2D eigenvalue weighted by atomic mass is 9.83. The van der Waals surface area contributed by atoms with Crippen LogP contribution < -0.4 is 10.6 Å². The van der Waals surface area contributed by atoms with Crippen molar-refractivity contribution in [3.63, 3.8) is 0 Å². The lowest BCUT2D eigenvalue weighted by molar-refractivity contribution is -0.133. The molecule has 0 spiro atoms. The minimum absolute atomic E-state index is 0.0817. The van der Waals surface area contributed by atoms with Crippen LogP contribution in [0.4, 0.5) is 0 Å². The van der Waals surface area contributed by atoms with Crippen molar-refractivity contribution in [3.8, 4) is 0 Å². The van der Waals surface area contributed by atoms with E-state index >= 15 is 0 Å². The van der Waals surface area contributed by atoms with Crippen molar-refractivity contribution in [2.75, 3.05) is 53.6 Å². The Kier molecular flexibility index (Phi) is 11.9. The molecule has 13 heteroatoms. The Bertz CT molecular complexity index is 2670. The van der Waals surface area contributed by atoms with Crippen LogP contribution in [-0.2, 0) is 44.7 Å². The Morgan fingerprint density at radius 2 is 1.52 bits per heavy atom. The van der Waals surface area contributed by atoms with E-state index in [9.17, 15) is 19.2 Å². The molecule has 5 N–H and O–H groups in total. The van der Waals surface area contributed by atoms with E-state index in [0.29, 0.717) is 42.9 Å². The van der Waals surface area contributed by atoms with Gasteiger partial charge in [-0.25, -0.2) is 4.79 Å². The summed E-state index contributed by atoms with van der Waals surface area (Å²) in [5, 5.41) is 9.07. The van der Waals surface area contributed by atoms with Crippen LogP contribution in [0.15, 0.2) is 54.6 Å².